The first-order valence-corrected chi connectivity index (χ1v) is 11.0. The van der Waals surface area contributed by atoms with Crippen molar-refractivity contribution in [2.24, 2.45) is 5.92 Å². The molecule has 0 spiro atoms. The summed E-state index contributed by atoms with van der Waals surface area (Å²) in [6.45, 7) is 4.78. The Bertz CT molecular complexity index is 1020. The van der Waals surface area contributed by atoms with Gasteiger partial charge in [0, 0.05) is 33.4 Å². The molecule has 3 aromatic rings. The van der Waals surface area contributed by atoms with Gasteiger partial charge in [0.25, 0.3) is 0 Å². The number of carbonyl (C=O) groups is 1. The molecule has 2 aromatic heterocycles. The highest BCUT2D eigenvalue weighted by atomic mass is 32.1. The zero-order valence-electron chi connectivity index (χ0n) is 17.2. The van der Waals surface area contributed by atoms with Gasteiger partial charge in [0.15, 0.2) is 10.8 Å². The van der Waals surface area contributed by atoms with Crippen molar-refractivity contribution in [2.45, 2.75) is 26.2 Å². The van der Waals surface area contributed by atoms with E-state index in [9.17, 15) is 9.18 Å². The first-order chi connectivity index (χ1) is 14.6. The number of amides is 1. The van der Waals surface area contributed by atoms with E-state index in [1.807, 2.05) is 6.92 Å². The van der Waals surface area contributed by atoms with Crippen LogP contribution in [0.25, 0.3) is 16.0 Å². The molecule has 30 heavy (non-hydrogen) atoms. The van der Waals surface area contributed by atoms with Crippen molar-refractivity contribution in [3.63, 3.8) is 0 Å². The maximum Gasteiger partial charge on any atom is 0.224 e. The molecule has 0 bridgehead atoms. The Balaban J connectivity index is 1.51. The first kappa shape index (κ1) is 20.7. The number of nitrogens with one attached hydrogen (secondary N) is 1. The molecule has 1 saturated heterocycles. The Morgan fingerprint density at radius 1 is 1.37 bits per heavy atom. The molecule has 1 N–H and O–H groups in total. The van der Waals surface area contributed by atoms with Crippen LogP contribution in [-0.2, 0) is 9.53 Å². The largest absolute Gasteiger partial charge is 0.385 e. The van der Waals surface area contributed by atoms with E-state index in [1.165, 1.54) is 12.1 Å². The van der Waals surface area contributed by atoms with Crippen molar-refractivity contribution in [1.82, 2.24) is 20.1 Å². The van der Waals surface area contributed by atoms with Crippen LogP contribution in [-0.4, -0.2) is 54.0 Å². The minimum atomic E-state index is -0.280. The molecule has 0 radical (unpaired) electrons. The molecule has 0 unspecified atom stereocenters. The predicted molar refractivity (Wildman–Crippen MR) is 116 cm³/mol. The number of halogens is 1. The number of aromatic nitrogens is 3. The summed E-state index contributed by atoms with van der Waals surface area (Å²) in [6, 6.07) is 6.24. The van der Waals surface area contributed by atoms with E-state index in [0.29, 0.717) is 19.7 Å². The second-order valence-electron chi connectivity index (χ2n) is 7.55. The van der Waals surface area contributed by atoms with Crippen molar-refractivity contribution < 1.29 is 13.9 Å². The number of carbonyl (C=O) groups excluding carboxylic acids is 1. The van der Waals surface area contributed by atoms with E-state index in [0.717, 1.165) is 52.7 Å². The summed E-state index contributed by atoms with van der Waals surface area (Å²) < 4.78 is 21.1. The van der Waals surface area contributed by atoms with Crippen molar-refractivity contribution in [3.05, 3.63) is 35.8 Å². The molecular weight excluding hydrogens is 405 g/mol. The summed E-state index contributed by atoms with van der Waals surface area (Å²) in [5, 5.41) is 8.50. The van der Waals surface area contributed by atoms with Gasteiger partial charge in [0.1, 0.15) is 5.82 Å². The van der Waals surface area contributed by atoms with E-state index < -0.39 is 0 Å². The van der Waals surface area contributed by atoms with Gasteiger partial charge in [-0.1, -0.05) is 11.3 Å². The third-order valence-corrected chi connectivity index (χ3v) is 6.55. The van der Waals surface area contributed by atoms with Crippen LogP contribution in [0.5, 0.6) is 0 Å². The topological polar surface area (TPSA) is 72.3 Å². The van der Waals surface area contributed by atoms with Gasteiger partial charge in [-0.25, -0.2) is 9.07 Å². The lowest BCUT2D eigenvalue weighted by Crippen LogP contribution is -2.43. The Kier molecular flexibility index (Phi) is 6.29. The number of methoxy groups -OCH3 is 1. The first-order valence-electron chi connectivity index (χ1n) is 10.2. The summed E-state index contributed by atoms with van der Waals surface area (Å²) >= 11 is 1.60. The highest BCUT2D eigenvalue weighted by molar-refractivity contribution is 7.22. The average molecular weight is 432 g/mol. The van der Waals surface area contributed by atoms with Crippen LogP contribution in [0, 0.1) is 18.7 Å². The van der Waals surface area contributed by atoms with Gasteiger partial charge >= 0.3 is 0 Å². The number of benzene rings is 1. The lowest BCUT2D eigenvalue weighted by Gasteiger charge is -2.31. The number of fused-ring (bicyclic) bond motifs is 1. The number of piperidine rings is 1. The maximum atomic E-state index is 13.3. The standard InChI is InChI=1S/C21H26FN5O2S/c1-14-18-19(27(25-14)17-8-6-16(22)7-9-17)24-21(30-18)26-11-3-5-15(13-26)20(28)23-10-4-12-29-2/h6-9,15H,3-5,10-13H2,1-2H3,(H,23,28)/t15-/m0/s1. The Morgan fingerprint density at radius 3 is 2.93 bits per heavy atom. The van der Waals surface area contributed by atoms with Crippen LogP contribution >= 0.6 is 11.3 Å². The normalized spacial score (nSPS) is 16.9. The van der Waals surface area contributed by atoms with Crippen LogP contribution in [0.2, 0.25) is 0 Å². The molecule has 1 fully saturated rings. The maximum absolute atomic E-state index is 13.3. The van der Waals surface area contributed by atoms with Gasteiger partial charge in [-0.05, 0) is 50.5 Å². The lowest BCUT2D eigenvalue weighted by atomic mass is 9.97. The SMILES string of the molecule is COCCCNC(=O)[C@H]1CCCN(c2nc3c(s2)c(C)nn3-c2ccc(F)cc2)C1. The summed E-state index contributed by atoms with van der Waals surface area (Å²) in [5.41, 5.74) is 2.44. The number of ether oxygens (including phenoxy) is 1. The third kappa shape index (κ3) is 4.32. The quantitative estimate of drug-likeness (QED) is 0.581. The van der Waals surface area contributed by atoms with Crippen molar-refractivity contribution in [2.75, 3.05) is 38.3 Å². The van der Waals surface area contributed by atoms with Gasteiger partial charge in [-0.2, -0.15) is 10.1 Å². The second kappa shape index (κ2) is 9.09. The van der Waals surface area contributed by atoms with E-state index in [1.54, 1.807) is 35.3 Å². The zero-order valence-corrected chi connectivity index (χ0v) is 18.0. The fourth-order valence-corrected chi connectivity index (χ4v) is 4.78. The average Bonchev–Trinajstić information content (AvgIpc) is 3.33. The molecule has 3 heterocycles. The number of hydrogen-bond acceptors (Lipinski definition) is 6. The predicted octanol–water partition coefficient (Wildman–Crippen LogP) is 3.30. The van der Waals surface area contributed by atoms with Gasteiger partial charge < -0.3 is 15.0 Å². The van der Waals surface area contributed by atoms with Crippen molar-refractivity contribution >= 4 is 32.7 Å². The van der Waals surface area contributed by atoms with Crippen LogP contribution in [0.3, 0.4) is 0 Å². The molecule has 0 aliphatic carbocycles. The summed E-state index contributed by atoms with van der Waals surface area (Å²) in [7, 11) is 1.66. The molecule has 1 amide bonds. The molecule has 1 atom stereocenters. The van der Waals surface area contributed by atoms with Crippen molar-refractivity contribution in [3.8, 4) is 5.69 Å². The molecule has 1 aliphatic heterocycles. The van der Waals surface area contributed by atoms with E-state index in [2.05, 4.69) is 15.3 Å². The lowest BCUT2D eigenvalue weighted by molar-refractivity contribution is -0.125. The number of nitrogens with zero attached hydrogens (tertiary/aromatic N) is 4. The monoisotopic (exact) mass is 431 g/mol. The van der Waals surface area contributed by atoms with E-state index in [4.69, 9.17) is 9.72 Å². The van der Waals surface area contributed by atoms with Crippen LogP contribution in [0.1, 0.15) is 25.0 Å². The summed E-state index contributed by atoms with van der Waals surface area (Å²) in [5.74, 6) is -0.216. The number of aryl methyl sites for hydroxylation is 1. The third-order valence-electron chi connectivity index (χ3n) is 5.34. The molecule has 4 rings (SSSR count). The second-order valence-corrected chi connectivity index (χ2v) is 8.52. The molecule has 7 nitrogen and oxygen atoms in total. The zero-order chi connectivity index (χ0) is 21.1. The Labute approximate surface area is 178 Å². The van der Waals surface area contributed by atoms with Crippen LogP contribution in [0.4, 0.5) is 9.52 Å². The molecule has 160 valence electrons. The molecule has 1 aliphatic rings. The smallest absolute Gasteiger partial charge is 0.224 e. The Morgan fingerprint density at radius 2 is 2.17 bits per heavy atom. The van der Waals surface area contributed by atoms with Gasteiger partial charge in [-0.3, -0.25) is 4.79 Å². The van der Waals surface area contributed by atoms with Crippen LogP contribution in [0.15, 0.2) is 24.3 Å². The molecule has 0 saturated carbocycles. The molecular formula is C21H26FN5O2S. The highest BCUT2D eigenvalue weighted by Gasteiger charge is 2.28. The van der Waals surface area contributed by atoms with Gasteiger partial charge in [0.05, 0.1) is 22.0 Å². The van der Waals surface area contributed by atoms with Gasteiger partial charge in [0.2, 0.25) is 5.91 Å². The van der Waals surface area contributed by atoms with E-state index >= 15 is 0 Å². The number of rotatable bonds is 7. The fourth-order valence-electron chi connectivity index (χ4n) is 3.76. The highest BCUT2D eigenvalue weighted by Crippen LogP contribution is 2.34. The molecule has 9 heteroatoms. The minimum Gasteiger partial charge on any atom is -0.385 e. The van der Waals surface area contributed by atoms with Gasteiger partial charge in [-0.15, -0.1) is 0 Å². The number of anilines is 1. The summed E-state index contributed by atoms with van der Waals surface area (Å²) in [6.07, 6.45) is 2.66. The van der Waals surface area contributed by atoms with Crippen molar-refractivity contribution in [1.29, 1.82) is 0 Å². The van der Waals surface area contributed by atoms with Crippen LogP contribution < -0.4 is 10.2 Å². The minimum absolute atomic E-state index is 0.0389. The summed E-state index contributed by atoms with van der Waals surface area (Å²) in [4.78, 5) is 19.6. The Hall–Kier alpha value is -2.52. The molecule has 1 aromatic carbocycles. The number of thiazole rings is 1. The number of hydrogen-bond donors (Lipinski definition) is 1. The van der Waals surface area contributed by atoms with E-state index in [-0.39, 0.29) is 17.6 Å². The fraction of sp³-hybridized carbons (Fsp3) is 0.476.